The fourth-order valence-corrected chi connectivity index (χ4v) is 3.44. The number of alkyl halides is 3. The number of nitrogens with zero attached hydrogens (tertiary/aromatic N) is 2. The molecule has 0 saturated carbocycles. The third-order valence-corrected chi connectivity index (χ3v) is 4.81. The molecule has 0 amide bonds. The molecule has 130 valence electrons. The summed E-state index contributed by atoms with van der Waals surface area (Å²) in [6.45, 7) is 0.759. The molecule has 2 aromatic rings. The van der Waals surface area contributed by atoms with Gasteiger partial charge in [-0.15, -0.1) is 0 Å². The largest absolute Gasteiger partial charge is 0.418 e. The fraction of sp³-hybridized carbons (Fsp3) is 0.471. The Kier molecular flexibility index (Phi) is 5.08. The van der Waals surface area contributed by atoms with E-state index in [0.29, 0.717) is 0 Å². The van der Waals surface area contributed by atoms with Crippen LogP contribution in [0.25, 0.3) is 5.69 Å². The number of para-hydroxylation sites is 1. The van der Waals surface area contributed by atoms with Crippen molar-refractivity contribution >= 4 is 17.6 Å². The summed E-state index contributed by atoms with van der Waals surface area (Å²) in [4.78, 5) is 0. The lowest BCUT2D eigenvalue weighted by atomic mass is 10.1. The van der Waals surface area contributed by atoms with E-state index < -0.39 is 11.7 Å². The van der Waals surface area contributed by atoms with E-state index in [1.165, 1.54) is 16.8 Å². The predicted molar refractivity (Wildman–Crippen MR) is 92.1 cm³/mol. The maximum atomic E-state index is 13.4. The molecule has 0 spiro atoms. The van der Waals surface area contributed by atoms with Gasteiger partial charge in [-0.2, -0.15) is 30.0 Å². The van der Waals surface area contributed by atoms with E-state index in [4.69, 9.17) is 0 Å². The lowest BCUT2D eigenvalue weighted by Gasteiger charge is -2.15. The highest BCUT2D eigenvalue weighted by molar-refractivity contribution is 7.98. The molecule has 1 N–H and O–H groups in total. The van der Waals surface area contributed by atoms with Gasteiger partial charge in [0.1, 0.15) is 5.82 Å². The maximum absolute atomic E-state index is 13.4. The minimum atomic E-state index is -4.40. The van der Waals surface area contributed by atoms with Gasteiger partial charge in [0, 0.05) is 18.5 Å². The van der Waals surface area contributed by atoms with Gasteiger partial charge in [-0.05, 0) is 43.4 Å². The van der Waals surface area contributed by atoms with Crippen molar-refractivity contribution in [3.8, 4) is 5.69 Å². The Hall–Kier alpha value is -1.63. The van der Waals surface area contributed by atoms with Crippen molar-refractivity contribution in [2.75, 3.05) is 23.9 Å². The molecule has 7 heteroatoms. The quantitative estimate of drug-likeness (QED) is 0.873. The second kappa shape index (κ2) is 7.09. The van der Waals surface area contributed by atoms with Crippen molar-refractivity contribution in [2.24, 2.45) is 0 Å². The van der Waals surface area contributed by atoms with Crippen LogP contribution in [0.4, 0.5) is 19.0 Å². The maximum Gasteiger partial charge on any atom is 0.418 e. The minimum Gasteiger partial charge on any atom is -0.370 e. The monoisotopic (exact) mass is 355 g/mol. The van der Waals surface area contributed by atoms with Crippen molar-refractivity contribution in [1.82, 2.24) is 9.78 Å². The Morgan fingerprint density at radius 3 is 2.79 bits per heavy atom. The SMILES string of the molecule is CSCCc1nn(-c2ccccc2C(F)(F)F)c2c1CCCCN2. The number of thioether (sulfide) groups is 1. The summed E-state index contributed by atoms with van der Waals surface area (Å²) in [5.41, 5.74) is 1.41. The molecule has 1 aliphatic heterocycles. The Morgan fingerprint density at radius 2 is 2.04 bits per heavy atom. The van der Waals surface area contributed by atoms with E-state index in [1.54, 1.807) is 17.8 Å². The van der Waals surface area contributed by atoms with E-state index >= 15 is 0 Å². The van der Waals surface area contributed by atoms with Gasteiger partial charge in [-0.25, -0.2) is 4.68 Å². The highest BCUT2D eigenvalue weighted by atomic mass is 32.2. The Bertz CT molecular complexity index is 710. The zero-order valence-electron chi connectivity index (χ0n) is 13.5. The molecule has 0 atom stereocenters. The van der Waals surface area contributed by atoms with Crippen molar-refractivity contribution in [1.29, 1.82) is 0 Å². The normalized spacial score (nSPS) is 14.8. The fourth-order valence-electron chi connectivity index (χ4n) is 3.05. The third kappa shape index (κ3) is 3.41. The Morgan fingerprint density at radius 1 is 1.25 bits per heavy atom. The second-order valence-electron chi connectivity index (χ2n) is 5.83. The zero-order valence-corrected chi connectivity index (χ0v) is 14.3. The van der Waals surface area contributed by atoms with Gasteiger partial charge in [0.2, 0.25) is 0 Å². The van der Waals surface area contributed by atoms with Crippen molar-refractivity contribution in [3.05, 3.63) is 41.1 Å². The Labute approximate surface area is 143 Å². The highest BCUT2D eigenvalue weighted by Gasteiger charge is 2.35. The van der Waals surface area contributed by atoms with Crippen LogP contribution in [0.1, 0.15) is 29.7 Å². The summed E-state index contributed by atoms with van der Waals surface area (Å²) >= 11 is 1.72. The first-order valence-corrected chi connectivity index (χ1v) is 9.42. The van der Waals surface area contributed by atoms with E-state index in [-0.39, 0.29) is 5.69 Å². The average Bonchev–Trinajstić information content (AvgIpc) is 2.73. The molecule has 0 unspecified atom stereocenters. The molecule has 3 rings (SSSR count). The summed E-state index contributed by atoms with van der Waals surface area (Å²) in [7, 11) is 0. The first-order chi connectivity index (χ1) is 11.5. The number of hydrogen-bond acceptors (Lipinski definition) is 3. The molecule has 2 heterocycles. The van der Waals surface area contributed by atoms with E-state index in [2.05, 4.69) is 10.4 Å². The number of anilines is 1. The molecule has 24 heavy (non-hydrogen) atoms. The Balaban J connectivity index is 2.13. The average molecular weight is 355 g/mol. The van der Waals surface area contributed by atoms with Crippen LogP contribution in [0.5, 0.6) is 0 Å². The van der Waals surface area contributed by atoms with Gasteiger partial charge in [0.15, 0.2) is 0 Å². The summed E-state index contributed by atoms with van der Waals surface area (Å²) in [5.74, 6) is 1.63. The molecule has 0 aliphatic carbocycles. The lowest BCUT2D eigenvalue weighted by molar-refractivity contribution is -0.137. The van der Waals surface area contributed by atoms with Gasteiger partial charge < -0.3 is 5.32 Å². The van der Waals surface area contributed by atoms with Crippen LogP contribution < -0.4 is 5.32 Å². The lowest BCUT2D eigenvalue weighted by Crippen LogP contribution is -2.14. The van der Waals surface area contributed by atoms with Crippen LogP contribution in [-0.2, 0) is 19.0 Å². The second-order valence-corrected chi connectivity index (χ2v) is 6.81. The molecule has 0 fully saturated rings. The van der Waals surface area contributed by atoms with Crippen molar-refractivity contribution < 1.29 is 13.2 Å². The number of aromatic nitrogens is 2. The summed E-state index contributed by atoms with van der Waals surface area (Å²) < 4.78 is 41.6. The van der Waals surface area contributed by atoms with Gasteiger partial charge >= 0.3 is 6.18 Å². The molecule has 0 saturated heterocycles. The highest BCUT2D eigenvalue weighted by Crippen LogP contribution is 2.36. The van der Waals surface area contributed by atoms with E-state index in [9.17, 15) is 13.2 Å². The zero-order chi connectivity index (χ0) is 17.2. The first-order valence-electron chi connectivity index (χ1n) is 8.02. The molecule has 0 bridgehead atoms. The van der Waals surface area contributed by atoms with Crippen LogP contribution >= 0.6 is 11.8 Å². The number of halogens is 3. The number of aryl methyl sites for hydroxylation is 1. The number of nitrogens with one attached hydrogen (secondary N) is 1. The molecule has 1 aliphatic rings. The van der Waals surface area contributed by atoms with E-state index in [0.717, 1.165) is 61.1 Å². The summed E-state index contributed by atoms with van der Waals surface area (Å²) in [5, 5.41) is 7.85. The number of rotatable bonds is 4. The van der Waals surface area contributed by atoms with Crippen LogP contribution in [0.2, 0.25) is 0 Å². The number of hydrogen-bond donors (Lipinski definition) is 1. The summed E-state index contributed by atoms with van der Waals surface area (Å²) in [6.07, 6.45) is 1.29. The van der Waals surface area contributed by atoms with Gasteiger partial charge in [-0.1, -0.05) is 12.1 Å². The minimum absolute atomic E-state index is 0.0889. The van der Waals surface area contributed by atoms with E-state index in [1.807, 2.05) is 6.26 Å². The topological polar surface area (TPSA) is 29.9 Å². The van der Waals surface area contributed by atoms with Crippen LogP contribution in [0.3, 0.4) is 0 Å². The van der Waals surface area contributed by atoms with Crippen LogP contribution in [-0.4, -0.2) is 28.3 Å². The third-order valence-electron chi connectivity index (χ3n) is 4.19. The molecular formula is C17H20F3N3S. The first kappa shape index (κ1) is 17.2. The standard InChI is InChI=1S/C17H20F3N3S/c1-24-11-9-14-12-6-4-5-10-21-16(12)23(22-14)15-8-3-2-7-13(15)17(18,19)20/h2-3,7-8,21H,4-6,9-11H2,1H3. The number of benzene rings is 1. The van der Waals surface area contributed by atoms with Gasteiger partial charge in [0.25, 0.3) is 0 Å². The smallest absolute Gasteiger partial charge is 0.370 e. The molecule has 3 nitrogen and oxygen atoms in total. The molecule has 0 radical (unpaired) electrons. The predicted octanol–water partition coefficient (Wildman–Crippen LogP) is 4.54. The van der Waals surface area contributed by atoms with Crippen molar-refractivity contribution in [3.63, 3.8) is 0 Å². The molecule has 1 aromatic heterocycles. The van der Waals surface area contributed by atoms with Crippen LogP contribution in [0, 0.1) is 0 Å². The summed E-state index contributed by atoms with van der Waals surface area (Å²) in [6, 6.07) is 5.64. The molecular weight excluding hydrogens is 335 g/mol. The number of fused-ring (bicyclic) bond motifs is 1. The van der Waals surface area contributed by atoms with Gasteiger partial charge in [0.05, 0.1) is 16.9 Å². The van der Waals surface area contributed by atoms with Gasteiger partial charge in [-0.3, -0.25) is 0 Å². The van der Waals surface area contributed by atoms with Crippen LogP contribution in [0.15, 0.2) is 24.3 Å². The van der Waals surface area contributed by atoms with Crippen molar-refractivity contribution in [2.45, 2.75) is 31.9 Å². The molecule has 1 aromatic carbocycles.